The van der Waals surface area contributed by atoms with Crippen LogP contribution < -0.4 is 10.2 Å². The zero-order valence-corrected chi connectivity index (χ0v) is 17.3. The molecule has 2 aliphatic heterocycles. The summed E-state index contributed by atoms with van der Waals surface area (Å²) in [5, 5.41) is 13.5. The number of nitrogens with zero attached hydrogens (tertiary/aromatic N) is 3. The minimum absolute atomic E-state index is 0.139. The van der Waals surface area contributed by atoms with Crippen LogP contribution in [0.15, 0.2) is 36.7 Å². The number of ether oxygens (including phenoxy) is 2. The van der Waals surface area contributed by atoms with Crippen molar-refractivity contribution in [3.8, 4) is 0 Å². The molecule has 5 rings (SSSR count). The third-order valence-electron chi connectivity index (χ3n) is 5.31. The number of rotatable bonds is 4. The van der Waals surface area contributed by atoms with Gasteiger partial charge in [0.1, 0.15) is 0 Å². The van der Waals surface area contributed by atoms with Gasteiger partial charge in [0.15, 0.2) is 0 Å². The van der Waals surface area contributed by atoms with Gasteiger partial charge in [0, 0.05) is 0 Å². The van der Waals surface area contributed by atoms with Crippen LogP contribution in [0.25, 0.3) is 9.65 Å². The summed E-state index contributed by atoms with van der Waals surface area (Å²) in [6, 6.07) is 9.60. The van der Waals surface area contributed by atoms with Gasteiger partial charge < -0.3 is 9.47 Å². The predicted octanol–water partition coefficient (Wildman–Crippen LogP) is 2.47. The second-order valence-corrected chi connectivity index (χ2v) is 9.42. The second-order valence-electron chi connectivity index (χ2n) is 7.15. The van der Waals surface area contributed by atoms with Crippen molar-refractivity contribution in [1.29, 1.82) is 0 Å². The van der Waals surface area contributed by atoms with Crippen molar-refractivity contribution >= 4 is 47.4 Å². The number of aromatic carboxylic acids is 1. The normalized spacial score (nSPS) is 18.4. The first kappa shape index (κ1) is 18.6. The fourth-order valence-electron chi connectivity index (χ4n) is 3.82. The molecule has 2 saturated heterocycles. The van der Waals surface area contributed by atoms with Gasteiger partial charge in [0.2, 0.25) is 0 Å². The second kappa shape index (κ2) is 7.42. The van der Waals surface area contributed by atoms with Crippen molar-refractivity contribution < 1.29 is 19.4 Å². The van der Waals surface area contributed by atoms with Crippen molar-refractivity contribution in [2.24, 2.45) is 0 Å². The summed E-state index contributed by atoms with van der Waals surface area (Å²) < 4.78 is 13.2. The van der Waals surface area contributed by atoms with Crippen LogP contribution in [0.3, 0.4) is 0 Å². The summed E-state index contributed by atoms with van der Waals surface area (Å²) in [6.07, 6.45) is 3.21. The molecular formula is C20H20N4O4Se. The number of benzene rings is 1. The fraction of sp³-hybridized carbons (Fsp3) is 0.350. The van der Waals surface area contributed by atoms with E-state index in [0.717, 1.165) is 47.1 Å². The Kier molecular flexibility index (Phi) is 4.75. The monoisotopic (exact) mass is 460 g/mol. The van der Waals surface area contributed by atoms with Gasteiger partial charge in [0.25, 0.3) is 0 Å². The number of fused-ring (bicyclic) bond motifs is 1. The molecule has 0 atom stereocenters. The van der Waals surface area contributed by atoms with Crippen molar-refractivity contribution in [3.05, 3.63) is 41.1 Å². The van der Waals surface area contributed by atoms with Gasteiger partial charge in [-0.1, -0.05) is 0 Å². The van der Waals surface area contributed by atoms with Gasteiger partial charge in [-0.15, -0.1) is 0 Å². The van der Waals surface area contributed by atoms with E-state index in [0.29, 0.717) is 23.5 Å². The first-order valence-electron chi connectivity index (χ1n) is 9.49. The van der Waals surface area contributed by atoms with Crippen molar-refractivity contribution in [2.45, 2.75) is 18.6 Å². The van der Waals surface area contributed by atoms with E-state index in [1.54, 1.807) is 12.4 Å². The summed E-state index contributed by atoms with van der Waals surface area (Å²) >= 11 is -0.139. The number of hydrogen-bond acceptors (Lipinski definition) is 7. The summed E-state index contributed by atoms with van der Waals surface area (Å²) in [5.41, 5.74) is 0.873. The van der Waals surface area contributed by atoms with Crippen LogP contribution in [-0.4, -0.2) is 67.6 Å². The zero-order chi connectivity index (χ0) is 19.8. The number of carboxylic acids is 1. The molecule has 4 heterocycles. The Morgan fingerprint density at radius 3 is 2.69 bits per heavy atom. The van der Waals surface area contributed by atoms with Crippen molar-refractivity contribution in [2.75, 3.05) is 36.5 Å². The molecule has 150 valence electrons. The average Bonchev–Trinajstić information content (AvgIpc) is 3.36. The number of anilines is 3. The van der Waals surface area contributed by atoms with Crippen LogP contribution in [0.1, 0.15) is 22.1 Å². The maximum atomic E-state index is 11.2. The van der Waals surface area contributed by atoms with Gasteiger partial charge in [-0.05, 0) is 0 Å². The quantitative estimate of drug-likeness (QED) is 0.575. The minimum atomic E-state index is -0.840. The van der Waals surface area contributed by atoms with E-state index in [9.17, 15) is 9.90 Å². The predicted molar refractivity (Wildman–Crippen MR) is 109 cm³/mol. The molecule has 2 aliphatic rings. The van der Waals surface area contributed by atoms with Crippen molar-refractivity contribution in [3.63, 3.8) is 0 Å². The molecule has 9 heteroatoms. The Bertz CT molecular complexity index is 1050. The molecule has 0 amide bonds. The number of hydrogen-bond donors (Lipinski definition) is 2. The molecule has 1 aromatic carbocycles. The Morgan fingerprint density at radius 1 is 1.14 bits per heavy atom. The van der Waals surface area contributed by atoms with E-state index in [4.69, 9.17) is 9.47 Å². The maximum absolute atomic E-state index is 11.2. The molecular weight excluding hydrogens is 439 g/mol. The van der Waals surface area contributed by atoms with E-state index in [-0.39, 0.29) is 14.5 Å². The molecule has 2 N–H and O–H groups in total. The van der Waals surface area contributed by atoms with E-state index < -0.39 is 11.8 Å². The molecule has 0 aliphatic carbocycles. The molecule has 0 saturated carbocycles. The third-order valence-corrected chi connectivity index (χ3v) is 7.63. The van der Waals surface area contributed by atoms with Crippen molar-refractivity contribution in [1.82, 2.24) is 9.97 Å². The van der Waals surface area contributed by atoms with Crippen LogP contribution in [0, 0.1) is 0 Å². The van der Waals surface area contributed by atoms with E-state index in [1.165, 1.54) is 0 Å². The standard InChI is InChI=1S/C20H20N4O4Se/c25-19(26)16-10-13-9-14(1-2-15(13)29-16)23-17-11-18(22-12-21-17)24-5-3-20(4-6-24)27-7-8-28-20/h1-2,9-12H,3-8H2,(H,25,26)(H,21,22,23). The number of nitrogens with one attached hydrogen (secondary N) is 1. The zero-order valence-electron chi connectivity index (χ0n) is 15.6. The summed E-state index contributed by atoms with van der Waals surface area (Å²) in [7, 11) is 0. The number of carboxylic acid groups (broad SMARTS) is 1. The summed E-state index contributed by atoms with van der Waals surface area (Å²) in [5.74, 6) is 0.328. The molecule has 0 radical (unpaired) electrons. The molecule has 29 heavy (non-hydrogen) atoms. The van der Waals surface area contributed by atoms with Crippen LogP contribution >= 0.6 is 0 Å². The Balaban J connectivity index is 1.31. The number of piperidine rings is 1. The average molecular weight is 459 g/mol. The Morgan fingerprint density at radius 2 is 1.93 bits per heavy atom. The summed E-state index contributed by atoms with van der Waals surface area (Å²) in [6.45, 7) is 2.99. The first-order chi connectivity index (χ1) is 14.1. The third kappa shape index (κ3) is 3.74. The first-order valence-corrected chi connectivity index (χ1v) is 11.2. The van der Waals surface area contributed by atoms with Crippen LogP contribution in [-0.2, 0) is 9.47 Å². The molecule has 2 aromatic heterocycles. The molecule has 1 spiro atoms. The summed E-state index contributed by atoms with van der Waals surface area (Å²) in [4.78, 5) is 22.2. The van der Waals surface area contributed by atoms with Crippen LogP contribution in [0.2, 0.25) is 0 Å². The number of aromatic nitrogens is 2. The van der Waals surface area contributed by atoms with Crippen LogP contribution in [0.5, 0.6) is 0 Å². The number of carbonyl (C=O) groups is 1. The van der Waals surface area contributed by atoms with Gasteiger partial charge in [0.05, 0.1) is 13.2 Å². The van der Waals surface area contributed by atoms with E-state index in [1.807, 2.05) is 24.3 Å². The van der Waals surface area contributed by atoms with Gasteiger partial charge in [-0.3, -0.25) is 0 Å². The fourth-order valence-corrected chi connectivity index (χ4v) is 5.68. The molecule has 2 fully saturated rings. The van der Waals surface area contributed by atoms with Gasteiger partial charge in [-0.2, -0.15) is 0 Å². The SMILES string of the molecule is O=C(O)c1cc2cc(Nc3cc(N4CCC5(CC4)OCCO5)ncn3)ccc2[se]1. The Hall–Kier alpha value is -2.45. The topological polar surface area (TPSA) is 96.8 Å². The van der Waals surface area contributed by atoms with Gasteiger partial charge in [-0.25, -0.2) is 0 Å². The Labute approximate surface area is 173 Å². The molecule has 3 aromatic rings. The van der Waals surface area contributed by atoms with E-state index >= 15 is 0 Å². The van der Waals surface area contributed by atoms with Crippen LogP contribution in [0.4, 0.5) is 17.3 Å². The molecule has 0 unspecified atom stereocenters. The van der Waals surface area contributed by atoms with E-state index in [2.05, 4.69) is 20.2 Å². The molecule has 0 bridgehead atoms. The molecule has 8 nitrogen and oxygen atoms in total. The van der Waals surface area contributed by atoms with Gasteiger partial charge >= 0.3 is 150 Å².